The quantitative estimate of drug-likeness (QED) is 0.176. The third-order valence-electron chi connectivity index (χ3n) is 10.1. The molecule has 0 amide bonds. The molecular formula is C49H32N4. The van der Waals surface area contributed by atoms with Gasteiger partial charge in [-0.2, -0.15) is 0 Å². The Morgan fingerprint density at radius 3 is 1.66 bits per heavy atom. The van der Waals surface area contributed by atoms with Gasteiger partial charge in [0.25, 0.3) is 0 Å². The molecule has 0 aliphatic rings. The summed E-state index contributed by atoms with van der Waals surface area (Å²) in [6.07, 6.45) is 3.69. The summed E-state index contributed by atoms with van der Waals surface area (Å²) in [5.74, 6) is 0.693. The number of para-hydroxylation sites is 2. The predicted octanol–water partition coefficient (Wildman–Crippen LogP) is 12.5. The van der Waals surface area contributed by atoms with Gasteiger partial charge in [0.1, 0.15) is 0 Å². The molecule has 53 heavy (non-hydrogen) atoms. The lowest BCUT2D eigenvalue weighted by molar-refractivity contribution is 1.18. The van der Waals surface area contributed by atoms with Gasteiger partial charge in [-0.1, -0.05) is 140 Å². The van der Waals surface area contributed by atoms with E-state index in [1.807, 2.05) is 30.5 Å². The molecule has 0 aliphatic heterocycles. The van der Waals surface area contributed by atoms with E-state index in [1.54, 1.807) is 6.20 Å². The van der Waals surface area contributed by atoms with Crippen LogP contribution in [-0.4, -0.2) is 19.5 Å². The highest BCUT2D eigenvalue weighted by Gasteiger charge is 2.16. The standard InChI is InChI=1S/C49H32N4/c1-2-12-34(13-3-1)49-51-45(36-15-10-14-35(30-36)37-16-11-29-50-32-37)31-46(52-49)42-28-27-39(40-17-4-5-18-41(40)42)33-23-25-38(26-24-33)53-47-21-8-6-19-43(47)44-20-7-9-22-48(44)53/h1-32H. The van der Waals surface area contributed by atoms with Crippen LogP contribution in [0.2, 0.25) is 0 Å². The number of hydrogen-bond acceptors (Lipinski definition) is 3. The zero-order valence-corrected chi connectivity index (χ0v) is 28.8. The van der Waals surface area contributed by atoms with Crippen molar-refractivity contribution in [3.63, 3.8) is 0 Å². The van der Waals surface area contributed by atoms with Crippen molar-refractivity contribution in [3.05, 3.63) is 194 Å². The van der Waals surface area contributed by atoms with Crippen molar-refractivity contribution >= 4 is 32.6 Å². The summed E-state index contributed by atoms with van der Waals surface area (Å²) < 4.78 is 2.36. The number of aromatic nitrogens is 4. The highest BCUT2D eigenvalue weighted by atomic mass is 15.0. The highest BCUT2D eigenvalue weighted by Crippen LogP contribution is 2.38. The number of rotatable bonds is 6. The third kappa shape index (κ3) is 5.45. The fraction of sp³-hybridized carbons (Fsp3) is 0. The number of benzene rings is 7. The van der Waals surface area contributed by atoms with Crippen molar-refractivity contribution in [1.29, 1.82) is 0 Å². The van der Waals surface area contributed by atoms with Crippen molar-refractivity contribution in [2.24, 2.45) is 0 Å². The molecule has 0 N–H and O–H groups in total. The van der Waals surface area contributed by atoms with Crippen LogP contribution in [0, 0.1) is 0 Å². The van der Waals surface area contributed by atoms with Gasteiger partial charge in [-0.05, 0) is 69.9 Å². The molecule has 0 saturated heterocycles. The largest absolute Gasteiger partial charge is 0.309 e. The summed E-state index contributed by atoms with van der Waals surface area (Å²) in [6, 6.07) is 64.2. The molecule has 0 saturated carbocycles. The fourth-order valence-electron chi connectivity index (χ4n) is 7.61. The summed E-state index contributed by atoms with van der Waals surface area (Å²) in [4.78, 5) is 14.7. The molecule has 7 aromatic carbocycles. The smallest absolute Gasteiger partial charge is 0.160 e. The molecule has 248 valence electrons. The van der Waals surface area contributed by atoms with Crippen molar-refractivity contribution in [2.45, 2.75) is 0 Å². The lowest BCUT2D eigenvalue weighted by Gasteiger charge is -2.15. The minimum atomic E-state index is 0.693. The fourth-order valence-corrected chi connectivity index (χ4v) is 7.61. The minimum absolute atomic E-state index is 0.693. The molecule has 10 rings (SSSR count). The average Bonchev–Trinajstić information content (AvgIpc) is 3.58. The summed E-state index contributed by atoms with van der Waals surface area (Å²) in [7, 11) is 0. The first-order valence-corrected chi connectivity index (χ1v) is 17.8. The van der Waals surface area contributed by atoms with E-state index in [2.05, 4.69) is 167 Å². The van der Waals surface area contributed by atoms with Crippen LogP contribution in [0.1, 0.15) is 0 Å². The Morgan fingerprint density at radius 1 is 0.358 bits per heavy atom. The van der Waals surface area contributed by atoms with Crippen LogP contribution in [0.15, 0.2) is 194 Å². The van der Waals surface area contributed by atoms with E-state index in [-0.39, 0.29) is 0 Å². The first kappa shape index (κ1) is 30.6. The molecule has 0 spiro atoms. The van der Waals surface area contributed by atoms with Crippen LogP contribution >= 0.6 is 0 Å². The maximum absolute atomic E-state index is 5.20. The van der Waals surface area contributed by atoms with Gasteiger partial charge in [-0.3, -0.25) is 4.98 Å². The molecule has 3 heterocycles. The van der Waals surface area contributed by atoms with Crippen LogP contribution in [0.5, 0.6) is 0 Å². The van der Waals surface area contributed by atoms with E-state index in [4.69, 9.17) is 9.97 Å². The van der Waals surface area contributed by atoms with Crippen molar-refractivity contribution in [3.8, 4) is 61.8 Å². The van der Waals surface area contributed by atoms with Gasteiger partial charge in [0, 0.05) is 51.1 Å². The summed E-state index contributed by atoms with van der Waals surface area (Å²) in [5, 5.41) is 4.84. The number of nitrogens with zero attached hydrogens (tertiary/aromatic N) is 4. The van der Waals surface area contributed by atoms with Crippen molar-refractivity contribution < 1.29 is 0 Å². The Labute approximate surface area is 307 Å². The van der Waals surface area contributed by atoms with Crippen molar-refractivity contribution in [2.75, 3.05) is 0 Å². The van der Waals surface area contributed by atoms with E-state index in [0.29, 0.717) is 5.82 Å². The molecule has 0 radical (unpaired) electrons. The Balaban J connectivity index is 1.09. The van der Waals surface area contributed by atoms with E-state index in [0.717, 1.165) is 55.8 Å². The summed E-state index contributed by atoms with van der Waals surface area (Å²) >= 11 is 0. The molecular weight excluding hydrogens is 645 g/mol. The normalized spacial score (nSPS) is 11.4. The predicted molar refractivity (Wildman–Crippen MR) is 219 cm³/mol. The Bertz CT molecular complexity index is 2880. The lowest BCUT2D eigenvalue weighted by atomic mass is 9.93. The maximum atomic E-state index is 5.20. The summed E-state index contributed by atoms with van der Waals surface area (Å²) in [6.45, 7) is 0. The molecule has 0 bridgehead atoms. The zero-order chi connectivity index (χ0) is 35.1. The molecule has 0 fully saturated rings. The molecule has 4 nitrogen and oxygen atoms in total. The Morgan fingerprint density at radius 2 is 0.943 bits per heavy atom. The van der Waals surface area contributed by atoms with Gasteiger partial charge < -0.3 is 4.57 Å². The number of pyridine rings is 1. The molecule has 3 aromatic heterocycles. The van der Waals surface area contributed by atoms with Crippen LogP contribution in [-0.2, 0) is 0 Å². The second kappa shape index (κ2) is 12.9. The second-order valence-corrected chi connectivity index (χ2v) is 13.3. The van der Waals surface area contributed by atoms with Gasteiger partial charge in [-0.15, -0.1) is 0 Å². The van der Waals surface area contributed by atoms with Crippen molar-refractivity contribution in [1.82, 2.24) is 19.5 Å². The van der Waals surface area contributed by atoms with Gasteiger partial charge in [0.05, 0.1) is 22.4 Å². The second-order valence-electron chi connectivity index (χ2n) is 13.3. The average molecular weight is 677 g/mol. The topological polar surface area (TPSA) is 43.6 Å². The Kier molecular flexibility index (Phi) is 7.43. The van der Waals surface area contributed by atoms with Crippen LogP contribution in [0.3, 0.4) is 0 Å². The third-order valence-corrected chi connectivity index (χ3v) is 10.1. The number of hydrogen-bond donors (Lipinski definition) is 0. The number of fused-ring (bicyclic) bond motifs is 4. The zero-order valence-electron chi connectivity index (χ0n) is 28.8. The first-order chi connectivity index (χ1) is 26.3. The van der Waals surface area contributed by atoms with E-state index in [9.17, 15) is 0 Å². The first-order valence-electron chi connectivity index (χ1n) is 17.8. The SMILES string of the molecule is c1ccc(-c2nc(-c3cccc(-c4cccnc4)c3)cc(-c3ccc(-c4ccc(-n5c6ccccc6c6ccccc65)cc4)c4ccccc34)n2)cc1. The van der Waals surface area contributed by atoms with Crippen LogP contribution in [0.4, 0.5) is 0 Å². The summed E-state index contributed by atoms with van der Waals surface area (Å²) in [5.41, 5.74) is 12.9. The molecule has 0 atom stereocenters. The van der Waals surface area contributed by atoms with Gasteiger partial charge >= 0.3 is 0 Å². The maximum Gasteiger partial charge on any atom is 0.160 e. The molecule has 0 aliphatic carbocycles. The van der Waals surface area contributed by atoms with Gasteiger partial charge in [0.15, 0.2) is 5.82 Å². The van der Waals surface area contributed by atoms with E-state index < -0.39 is 0 Å². The van der Waals surface area contributed by atoms with Gasteiger partial charge in [0.2, 0.25) is 0 Å². The van der Waals surface area contributed by atoms with Crippen LogP contribution in [0.25, 0.3) is 94.4 Å². The monoisotopic (exact) mass is 676 g/mol. The van der Waals surface area contributed by atoms with Crippen LogP contribution < -0.4 is 0 Å². The van der Waals surface area contributed by atoms with E-state index >= 15 is 0 Å². The van der Waals surface area contributed by atoms with E-state index in [1.165, 1.54) is 32.8 Å². The molecule has 4 heteroatoms. The van der Waals surface area contributed by atoms with Gasteiger partial charge in [-0.25, -0.2) is 9.97 Å². The highest BCUT2D eigenvalue weighted by molar-refractivity contribution is 6.09. The molecule has 0 unspecified atom stereocenters. The lowest BCUT2D eigenvalue weighted by Crippen LogP contribution is -1.97. The molecule has 10 aromatic rings. The Hall–Kier alpha value is -7.17. The minimum Gasteiger partial charge on any atom is -0.309 e.